The molecule has 1 aromatic heterocycles. The minimum atomic E-state index is -0.491. The summed E-state index contributed by atoms with van der Waals surface area (Å²) < 4.78 is 5.78. The first-order chi connectivity index (χ1) is 12.8. The van der Waals surface area contributed by atoms with Gasteiger partial charge in [0, 0.05) is 18.4 Å². The van der Waals surface area contributed by atoms with Gasteiger partial charge < -0.3 is 15.1 Å². The fourth-order valence-corrected chi connectivity index (χ4v) is 3.03. The standard InChI is InChI=1S/C23H26N2O2/c1-16(2)17-9-7-10-19(14-17)23(3,4)25-22(26)24-13-12-20-15-18-8-5-6-11-21(18)27-20/h5-11,14-15H,1,12-13H2,2-4H3,(H2,24,25,26). The van der Waals surface area contributed by atoms with E-state index >= 15 is 0 Å². The molecular weight excluding hydrogens is 336 g/mol. The van der Waals surface area contributed by atoms with Crippen LogP contribution in [0.5, 0.6) is 0 Å². The van der Waals surface area contributed by atoms with Crippen LogP contribution in [-0.4, -0.2) is 12.6 Å². The number of carbonyl (C=O) groups excluding carboxylic acids is 1. The summed E-state index contributed by atoms with van der Waals surface area (Å²) in [6.45, 7) is 10.4. The summed E-state index contributed by atoms with van der Waals surface area (Å²) in [6, 6.07) is 17.8. The Morgan fingerprint density at radius 3 is 2.63 bits per heavy atom. The quantitative estimate of drug-likeness (QED) is 0.630. The highest BCUT2D eigenvalue weighted by Gasteiger charge is 2.23. The highest BCUT2D eigenvalue weighted by molar-refractivity contribution is 5.78. The summed E-state index contributed by atoms with van der Waals surface area (Å²) in [5, 5.41) is 7.03. The zero-order chi connectivity index (χ0) is 19.4. The molecule has 0 fully saturated rings. The van der Waals surface area contributed by atoms with Crippen molar-refractivity contribution in [3.05, 3.63) is 78.1 Å². The van der Waals surface area contributed by atoms with E-state index in [0.29, 0.717) is 13.0 Å². The highest BCUT2D eigenvalue weighted by atomic mass is 16.3. The van der Waals surface area contributed by atoms with Crippen molar-refractivity contribution in [1.82, 2.24) is 10.6 Å². The van der Waals surface area contributed by atoms with Crippen molar-refractivity contribution in [2.24, 2.45) is 0 Å². The maximum Gasteiger partial charge on any atom is 0.315 e. The van der Waals surface area contributed by atoms with Crippen molar-refractivity contribution >= 4 is 22.6 Å². The largest absolute Gasteiger partial charge is 0.461 e. The molecule has 4 nitrogen and oxygen atoms in total. The van der Waals surface area contributed by atoms with Gasteiger partial charge in [0.1, 0.15) is 11.3 Å². The molecule has 0 spiro atoms. The molecule has 0 radical (unpaired) electrons. The lowest BCUT2D eigenvalue weighted by Gasteiger charge is -2.27. The van der Waals surface area contributed by atoms with Gasteiger partial charge in [-0.1, -0.05) is 48.6 Å². The second kappa shape index (κ2) is 7.70. The fraction of sp³-hybridized carbons (Fsp3) is 0.261. The molecule has 0 saturated heterocycles. The highest BCUT2D eigenvalue weighted by Crippen LogP contribution is 2.23. The average molecular weight is 362 g/mol. The van der Waals surface area contributed by atoms with Gasteiger partial charge in [0.2, 0.25) is 0 Å². The number of hydrogen-bond acceptors (Lipinski definition) is 2. The zero-order valence-electron chi connectivity index (χ0n) is 16.1. The van der Waals surface area contributed by atoms with Gasteiger partial charge in [-0.3, -0.25) is 0 Å². The number of para-hydroxylation sites is 1. The van der Waals surface area contributed by atoms with Crippen LogP contribution in [0.25, 0.3) is 16.5 Å². The number of urea groups is 1. The predicted molar refractivity (Wildman–Crippen MR) is 111 cm³/mol. The molecule has 1 heterocycles. The Balaban J connectivity index is 1.56. The monoisotopic (exact) mass is 362 g/mol. The van der Waals surface area contributed by atoms with Crippen LogP contribution in [0.4, 0.5) is 4.79 Å². The van der Waals surface area contributed by atoms with E-state index in [1.807, 2.05) is 69.3 Å². The number of furan rings is 1. The van der Waals surface area contributed by atoms with Crippen molar-refractivity contribution < 1.29 is 9.21 Å². The number of allylic oxidation sites excluding steroid dienone is 1. The molecule has 140 valence electrons. The van der Waals surface area contributed by atoms with E-state index < -0.39 is 5.54 Å². The van der Waals surface area contributed by atoms with Gasteiger partial charge in [0.15, 0.2) is 0 Å². The first-order valence-electron chi connectivity index (χ1n) is 9.15. The number of fused-ring (bicyclic) bond motifs is 1. The lowest BCUT2D eigenvalue weighted by atomic mass is 9.92. The zero-order valence-corrected chi connectivity index (χ0v) is 16.1. The minimum Gasteiger partial charge on any atom is -0.461 e. The van der Waals surface area contributed by atoms with Crippen LogP contribution in [0.2, 0.25) is 0 Å². The molecule has 3 rings (SSSR count). The van der Waals surface area contributed by atoms with E-state index in [1.165, 1.54) is 0 Å². The van der Waals surface area contributed by atoms with E-state index in [1.54, 1.807) is 0 Å². The van der Waals surface area contributed by atoms with Crippen LogP contribution in [0.3, 0.4) is 0 Å². The Morgan fingerprint density at radius 1 is 1.11 bits per heavy atom. The molecule has 0 atom stereocenters. The number of rotatable bonds is 6. The van der Waals surface area contributed by atoms with Crippen molar-refractivity contribution in [3.63, 3.8) is 0 Å². The summed E-state index contributed by atoms with van der Waals surface area (Å²) in [6.07, 6.45) is 0.647. The van der Waals surface area contributed by atoms with Gasteiger partial charge in [-0.05, 0) is 50.1 Å². The van der Waals surface area contributed by atoms with Crippen molar-refractivity contribution in [1.29, 1.82) is 0 Å². The molecule has 4 heteroatoms. The fourth-order valence-electron chi connectivity index (χ4n) is 3.03. The van der Waals surface area contributed by atoms with E-state index in [-0.39, 0.29) is 6.03 Å². The molecule has 3 aromatic rings. The van der Waals surface area contributed by atoms with E-state index in [0.717, 1.165) is 33.4 Å². The van der Waals surface area contributed by atoms with Crippen LogP contribution in [0, 0.1) is 0 Å². The minimum absolute atomic E-state index is 0.197. The summed E-state index contributed by atoms with van der Waals surface area (Å²) in [5.41, 5.74) is 3.50. The third-order valence-electron chi connectivity index (χ3n) is 4.64. The van der Waals surface area contributed by atoms with Crippen molar-refractivity contribution in [2.45, 2.75) is 32.7 Å². The van der Waals surface area contributed by atoms with Crippen LogP contribution in [-0.2, 0) is 12.0 Å². The molecule has 2 aromatic carbocycles. The average Bonchev–Trinajstić information content (AvgIpc) is 3.04. The van der Waals surface area contributed by atoms with Gasteiger partial charge in [-0.25, -0.2) is 4.79 Å². The van der Waals surface area contributed by atoms with Crippen LogP contribution in [0.1, 0.15) is 37.7 Å². The molecule has 0 bridgehead atoms. The Kier molecular flexibility index (Phi) is 5.36. The molecule has 2 amide bonds. The normalized spacial score (nSPS) is 11.4. The summed E-state index contributed by atoms with van der Waals surface area (Å²) >= 11 is 0. The van der Waals surface area contributed by atoms with Crippen LogP contribution in [0.15, 0.2) is 65.6 Å². The van der Waals surface area contributed by atoms with Crippen LogP contribution >= 0.6 is 0 Å². The van der Waals surface area contributed by atoms with E-state index in [4.69, 9.17) is 4.42 Å². The molecule has 27 heavy (non-hydrogen) atoms. The van der Waals surface area contributed by atoms with Gasteiger partial charge in [-0.15, -0.1) is 0 Å². The summed E-state index contributed by atoms with van der Waals surface area (Å²) in [5.74, 6) is 0.866. The molecule has 0 unspecified atom stereocenters. The molecule has 2 N–H and O–H groups in total. The third-order valence-corrected chi connectivity index (χ3v) is 4.64. The Bertz CT molecular complexity index is 936. The van der Waals surface area contributed by atoms with Gasteiger partial charge in [0.25, 0.3) is 0 Å². The number of benzene rings is 2. The molecule has 0 aliphatic rings. The molecule has 0 aliphatic heterocycles. The first kappa shape index (κ1) is 18.8. The Hall–Kier alpha value is -3.01. The molecule has 0 saturated carbocycles. The maximum atomic E-state index is 12.3. The summed E-state index contributed by atoms with van der Waals surface area (Å²) in [7, 11) is 0. The van der Waals surface area contributed by atoms with Gasteiger partial charge >= 0.3 is 6.03 Å². The lowest BCUT2D eigenvalue weighted by Crippen LogP contribution is -2.46. The number of carbonyl (C=O) groups is 1. The van der Waals surface area contributed by atoms with Gasteiger partial charge in [0.05, 0.1) is 5.54 Å². The first-order valence-corrected chi connectivity index (χ1v) is 9.15. The third kappa shape index (κ3) is 4.59. The molecule has 0 aliphatic carbocycles. The predicted octanol–water partition coefficient (Wildman–Crippen LogP) is 5.24. The second-order valence-electron chi connectivity index (χ2n) is 7.37. The number of nitrogens with one attached hydrogen (secondary N) is 2. The smallest absolute Gasteiger partial charge is 0.315 e. The Labute approximate surface area is 160 Å². The topological polar surface area (TPSA) is 54.3 Å². The van der Waals surface area contributed by atoms with Gasteiger partial charge in [-0.2, -0.15) is 0 Å². The Morgan fingerprint density at radius 2 is 1.89 bits per heavy atom. The SMILES string of the molecule is C=C(C)c1cccc(C(C)(C)NC(=O)NCCc2cc3ccccc3o2)c1. The van der Waals surface area contributed by atoms with Crippen molar-refractivity contribution in [2.75, 3.05) is 6.54 Å². The summed E-state index contributed by atoms with van der Waals surface area (Å²) in [4.78, 5) is 12.3. The van der Waals surface area contributed by atoms with E-state index in [9.17, 15) is 4.79 Å². The van der Waals surface area contributed by atoms with E-state index in [2.05, 4.69) is 23.3 Å². The lowest BCUT2D eigenvalue weighted by molar-refractivity contribution is 0.230. The van der Waals surface area contributed by atoms with Crippen molar-refractivity contribution in [3.8, 4) is 0 Å². The number of amides is 2. The molecular formula is C23H26N2O2. The van der Waals surface area contributed by atoms with Crippen LogP contribution < -0.4 is 10.6 Å². The maximum absolute atomic E-state index is 12.3. The number of hydrogen-bond donors (Lipinski definition) is 2. The second-order valence-corrected chi connectivity index (χ2v) is 7.37.